The summed E-state index contributed by atoms with van der Waals surface area (Å²) in [5.41, 5.74) is 5.24. The van der Waals surface area contributed by atoms with E-state index in [-0.39, 0.29) is 5.91 Å². The zero-order valence-electron chi connectivity index (χ0n) is 19.0. The largest absolute Gasteiger partial charge is 0.493 e. The first kappa shape index (κ1) is 22.1. The van der Waals surface area contributed by atoms with Crippen LogP contribution >= 0.6 is 0 Å². The second-order valence-electron chi connectivity index (χ2n) is 7.72. The van der Waals surface area contributed by atoms with Crippen LogP contribution in [0, 0.1) is 6.92 Å². The number of ether oxygens (including phenoxy) is 2. The number of carbonyl (C=O) groups is 1. The van der Waals surface area contributed by atoms with E-state index in [4.69, 9.17) is 14.6 Å². The minimum atomic E-state index is -0.175. The lowest BCUT2D eigenvalue weighted by Crippen LogP contribution is -2.27. The molecule has 1 amide bonds. The van der Waals surface area contributed by atoms with Crippen molar-refractivity contribution in [2.75, 3.05) is 20.8 Å². The number of hydrogen-bond acceptors (Lipinski definition) is 4. The van der Waals surface area contributed by atoms with Crippen LogP contribution in [0.15, 0.2) is 78.9 Å². The van der Waals surface area contributed by atoms with Gasteiger partial charge in [0.1, 0.15) is 5.69 Å². The van der Waals surface area contributed by atoms with Gasteiger partial charge in [-0.1, -0.05) is 54.1 Å². The minimum absolute atomic E-state index is 0.175. The number of amides is 1. The van der Waals surface area contributed by atoms with Crippen molar-refractivity contribution in [3.8, 4) is 28.4 Å². The lowest BCUT2D eigenvalue weighted by molar-refractivity contribution is 0.0946. The van der Waals surface area contributed by atoms with E-state index in [1.165, 1.54) is 0 Å². The number of aromatic nitrogens is 2. The van der Waals surface area contributed by atoms with E-state index in [1.54, 1.807) is 18.9 Å². The molecule has 0 spiro atoms. The van der Waals surface area contributed by atoms with Gasteiger partial charge in [-0.3, -0.25) is 4.79 Å². The summed E-state index contributed by atoms with van der Waals surface area (Å²) in [6, 6.07) is 25.4. The van der Waals surface area contributed by atoms with Crippen LogP contribution in [0.1, 0.15) is 21.6 Å². The first-order valence-electron chi connectivity index (χ1n) is 10.8. The van der Waals surface area contributed by atoms with E-state index < -0.39 is 0 Å². The fraction of sp³-hybridized carbons (Fsp3) is 0.185. The number of nitrogens with zero attached hydrogens (tertiary/aromatic N) is 2. The first-order valence-corrected chi connectivity index (χ1v) is 10.8. The van der Waals surface area contributed by atoms with Gasteiger partial charge in [-0.2, -0.15) is 5.10 Å². The molecule has 6 heteroatoms. The molecule has 0 saturated heterocycles. The molecule has 1 N–H and O–H groups in total. The van der Waals surface area contributed by atoms with Gasteiger partial charge in [0.2, 0.25) is 0 Å². The average Bonchev–Trinajstić information content (AvgIpc) is 3.30. The van der Waals surface area contributed by atoms with Gasteiger partial charge in [0.25, 0.3) is 5.91 Å². The molecule has 0 unspecified atom stereocenters. The van der Waals surface area contributed by atoms with Crippen LogP contribution < -0.4 is 14.8 Å². The van der Waals surface area contributed by atoms with Gasteiger partial charge in [-0.25, -0.2) is 4.68 Å². The van der Waals surface area contributed by atoms with E-state index in [1.807, 2.05) is 85.8 Å². The van der Waals surface area contributed by atoms with Crippen molar-refractivity contribution in [2.24, 2.45) is 0 Å². The molecule has 168 valence electrons. The Hall–Kier alpha value is -4.06. The molecule has 3 aromatic carbocycles. The van der Waals surface area contributed by atoms with E-state index in [0.29, 0.717) is 30.2 Å². The lowest BCUT2D eigenvalue weighted by Gasteiger charge is -2.11. The molecule has 0 aliphatic heterocycles. The molecular formula is C27H27N3O3. The third-order valence-electron chi connectivity index (χ3n) is 5.44. The normalized spacial score (nSPS) is 10.6. The average molecular weight is 442 g/mol. The Morgan fingerprint density at radius 2 is 1.64 bits per heavy atom. The molecular weight excluding hydrogens is 414 g/mol. The van der Waals surface area contributed by atoms with Gasteiger partial charge in [0.05, 0.1) is 25.6 Å². The maximum Gasteiger partial charge on any atom is 0.270 e. The fourth-order valence-electron chi connectivity index (χ4n) is 3.62. The van der Waals surface area contributed by atoms with Crippen LogP contribution in [0.3, 0.4) is 0 Å². The van der Waals surface area contributed by atoms with Crippen molar-refractivity contribution in [3.05, 3.63) is 95.7 Å². The summed E-state index contributed by atoms with van der Waals surface area (Å²) < 4.78 is 12.4. The Bertz CT molecular complexity index is 1230. The van der Waals surface area contributed by atoms with Crippen LogP contribution in [-0.2, 0) is 6.42 Å². The van der Waals surface area contributed by atoms with Gasteiger partial charge >= 0.3 is 0 Å². The molecule has 4 aromatic rings. The van der Waals surface area contributed by atoms with Gasteiger partial charge in [-0.05, 0) is 49.2 Å². The Labute approximate surface area is 193 Å². The maximum atomic E-state index is 13.1. The Morgan fingerprint density at radius 1 is 0.909 bits per heavy atom. The quantitative estimate of drug-likeness (QED) is 0.425. The molecule has 0 saturated carbocycles. The zero-order chi connectivity index (χ0) is 23.2. The number of nitrogens with one attached hydrogen (secondary N) is 1. The maximum absolute atomic E-state index is 13.1. The number of hydrogen-bond donors (Lipinski definition) is 1. The van der Waals surface area contributed by atoms with Crippen molar-refractivity contribution < 1.29 is 14.3 Å². The van der Waals surface area contributed by atoms with Crippen molar-refractivity contribution in [3.63, 3.8) is 0 Å². The molecule has 0 atom stereocenters. The van der Waals surface area contributed by atoms with Gasteiger partial charge in [-0.15, -0.1) is 0 Å². The van der Waals surface area contributed by atoms with Crippen LogP contribution in [0.2, 0.25) is 0 Å². The highest BCUT2D eigenvalue weighted by Crippen LogP contribution is 2.27. The van der Waals surface area contributed by atoms with Crippen molar-refractivity contribution in [1.82, 2.24) is 15.1 Å². The standard InChI is InChI=1S/C27H27N3O3/c1-19-9-12-22(13-10-19)30-24(18-23(29-30)21-7-5-4-6-8-21)27(31)28-16-15-20-11-14-25(32-2)26(17-20)33-3/h4-14,17-18H,15-16H2,1-3H3,(H,28,31). The van der Waals surface area contributed by atoms with Gasteiger partial charge in [0.15, 0.2) is 11.5 Å². The van der Waals surface area contributed by atoms with Crippen molar-refractivity contribution in [2.45, 2.75) is 13.3 Å². The molecule has 0 radical (unpaired) electrons. The predicted molar refractivity (Wildman–Crippen MR) is 129 cm³/mol. The molecule has 0 fully saturated rings. The Kier molecular flexibility index (Phi) is 6.74. The molecule has 0 aliphatic rings. The summed E-state index contributed by atoms with van der Waals surface area (Å²) in [6.07, 6.45) is 0.663. The van der Waals surface area contributed by atoms with E-state index in [0.717, 1.165) is 28.1 Å². The summed E-state index contributed by atoms with van der Waals surface area (Å²) in [4.78, 5) is 13.1. The Balaban J connectivity index is 1.55. The third-order valence-corrected chi connectivity index (χ3v) is 5.44. The molecule has 0 bridgehead atoms. The van der Waals surface area contributed by atoms with E-state index >= 15 is 0 Å². The smallest absolute Gasteiger partial charge is 0.270 e. The summed E-state index contributed by atoms with van der Waals surface area (Å²) in [5, 5.41) is 7.76. The molecule has 0 aliphatic carbocycles. The molecule has 33 heavy (non-hydrogen) atoms. The summed E-state index contributed by atoms with van der Waals surface area (Å²) >= 11 is 0. The summed E-state index contributed by atoms with van der Waals surface area (Å²) in [6.45, 7) is 2.51. The monoisotopic (exact) mass is 441 g/mol. The van der Waals surface area contributed by atoms with Crippen LogP contribution in [0.25, 0.3) is 16.9 Å². The highest BCUT2D eigenvalue weighted by atomic mass is 16.5. The summed E-state index contributed by atoms with van der Waals surface area (Å²) in [5.74, 6) is 1.18. The number of carbonyl (C=O) groups excluding carboxylic acids is 1. The predicted octanol–water partition coefficient (Wildman–Crippen LogP) is 4.84. The second-order valence-corrected chi connectivity index (χ2v) is 7.72. The first-order chi connectivity index (χ1) is 16.1. The van der Waals surface area contributed by atoms with Crippen molar-refractivity contribution in [1.29, 1.82) is 0 Å². The van der Waals surface area contributed by atoms with Crippen LogP contribution in [-0.4, -0.2) is 36.5 Å². The van der Waals surface area contributed by atoms with Crippen LogP contribution in [0.5, 0.6) is 11.5 Å². The molecule has 1 heterocycles. The summed E-state index contributed by atoms with van der Waals surface area (Å²) in [7, 11) is 3.22. The molecule has 6 nitrogen and oxygen atoms in total. The highest BCUT2D eigenvalue weighted by Gasteiger charge is 2.17. The Morgan fingerprint density at radius 3 is 2.33 bits per heavy atom. The van der Waals surface area contributed by atoms with Crippen LogP contribution in [0.4, 0.5) is 0 Å². The number of methoxy groups -OCH3 is 2. The number of benzene rings is 3. The number of rotatable bonds is 8. The number of aryl methyl sites for hydroxylation is 1. The highest BCUT2D eigenvalue weighted by molar-refractivity contribution is 5.94. The molecule has 4 rings (SSSR count). The van der Waals surface area contributed by atoms with Crippen molar-refractivity contribution >= 4 is 5.91 Å². The SMILES string of the molecule is COc1ccc(CCNC(=O)c2cc(-c3ccccc3)nn2-c2ccc(C)cc2)cc1OC. The van der Waals surface area contributed by atoms with Gasteiger partial charge < -0.3 is 14.8 Å². The molecule has 1 aromatic heterocycles. The van der Waals surface area contributed by atoms with E-state index in [2.05, 4.69) is 5.32 Å². The van der Waals surface area contributed by atoms with Gasteiger partial charge in [0, 0.05) is 12.1 Å². The fourth-order valence-corrected chi connectivity index (χ4v) is 3.62. The second kappa shape index (κ2) is 10.0. The zero-order valence-corrected chi connectivity index (χ0v) is 19.0. The minimum Gasteiger partial charge on any atom is -0.493 e. The topological polar surface area (TPSA) is 65.4 Å². The third kappa shape index (κ3) is 5.06. The lowest BCUT2D eigenvalue weighted by atomic mass is 10.1. The van der Waals surface area contributed by atoms with E-state index in [9.17, 15) is 4.79 Å².